The maximum absolute atomic E-state index is 5.52. The summed E-state index contributed by atoms with van der Waals surface area (Å²) in [6.07, 6.45) is 7.03. The van der Waals surface area contributed by atoms with E-state index in [1.807, 2.05) is 11.7 Å². The minimum Gasteiger partial charge on any atom is -0.381 e. The Hall–Kier alpha value is -2.51. The zero-order valence-corrected chi connectivity index (χ0v) is 19.7. The van der Waals surface area contributed by atoms with Gasteiger partial charge in [-0.1, -0.05) is 6.07 Å². The predicted octanol–water partition coefficient (Wildman–Crippen LogP) is 3.89. The van der Waals surface area contributed by atoms with Gasteiger partial charge in [0.2, 0.25) is 0 Å². The number of aryl methyl sites for hydroxylation is 2. The van der Waals surface area contributed by atoms with Crippen molar-refractivity contribution in [2.24, 2.45) is 24.8 Å². The van der Waals surface area contributed by atoms with Crippen molar-refractivity contribution in [1.82, 2.24) is 24.9 Å². The number of nitrogens with zero attached hydrogens (tertiary/aromatic N) is 5. The molecule has 3 atom stereocenters. The zero-order chi connectivity index (χ0) is 22.4. The molecule has 7 heteroatoms. The van der Waals surface area contributed by atoms with Gasteiger partial charge in [-0.05, 0) is 74.1 Å². The van der Waals surface area contributed by atoms with Gasteiger partial charge in [0.05, 0.1) is 11.2 Å². The van der Waals surface area contributed by atoms with E-state index in [0.29, 0.717) is 6.04 Å². The summed E-state index contributed by atoms with van der Waals surface area (Å²) in [4.78, 5) is 2.72. The zero-order valence-electron chi connectivity index (χ0n) is 19.7. The molecule has 6 rings (SSSR count). The Morgan fingerprint density at radius 2 is 1.82 bits per heavy atom. The lowest BCUT2D eigenvalue weighted by atomic mass is 10.00. The van der Waals surface area contributed by atoms with Crippen LogP contribution in [0.2, 0.25) is 0 Å². The highest BCUT2D eigenvalue weighted by atomic mass is 16.5. The number of hydrogen-bond donors (Lipinski definition) is 1. The van der Waals surface area contributed by atoms with E-state index in [1.54, 1.807) is 0 Å². The van der Waals surface area contributed by atoms with Crippen LogP contribution < -0.4 is 5.32 Å². The van der Waals surface area contributed by atoms with Gasteiger partial charge in [-0.15, -0.1) is 10.2 Å². The Kier molecular flexibility index (Phi) is 5.54. The number of likely N-dealkylation sites (tertiary alicyclic amines) is 1. The lowest BCUT2D eigenvalue weighted by Gasteiger charge is -2.27. The molecule has 1 saturated carbocycles. The molecule has 3 fully saturated rings. The van der Waals surface area contributed by atoms with Gasteiger partial charge in [0, 0.05) is 63.1 Å². The first-order valence-corrected chi connectivity index (χ1v) is 12.5. The van der Waals surface area contributed by atoms with E-state index >= 15 is 0 Å². The standard InChI is InChI=1S/C26H34N6O/c1-17-22(3-4-25-23(17)16-31(2)30-25)24-5-6-26(29-28-24)27-21-11-19-14-32(15-20(19)12-21)13-18-7-9-33-10-8-18/h3-6,16,18-21H,7-15H2,1-2H3,(H,27,29)/t19-,20+,21?. The van der Waals surface area contributed by atoms with Crippen molar-refractivity contribution in [1.29, 1.82) is 0 Å². The maximum Gasteiger partial charge on any atom is 0.148 e. The number of rotatable bonds is 5. The largest absolute Gasteiger partial charge is 0.381 e. The molecule has 2 aliphatic heterocycles. The van der Waals surface area contributed by atoms with Crippen LogP contribution in [0.5, 0.6) is 0 Å². The molecule has 0 amide bonds. The van der Waals surface area contributed by atoms with Gasteiger partial charge < -0.3 is 15.0 Å². The molecule has 0 spiro atoms. The van der Waals surface area contributed by atoms with E-state index in [-0.39, 0.29) is 0 Å². The summed E-state index contributed by atoms with van der Waals surface area (Å²) < 4.78 is 7.39. The van der Waals surface area contributed by atoms with Crippen LogP contribution in [0.3, 0.4) is 0 Å². The minimum atomic E-state index is 0.513. The fourth-order valence-electron chi connectivity index (χ4n) is 6.35. The molecular weight excluding hydrogens is 412 g/mol. The maximum atomic E-state index is 5.52. The Labute approximate surface area is 195 Å². The minimum absolute atomic E-state index is 0.513. The smallest absolute Gasteiger partial charge is 0.148 e. The molecule has 0 bridgehead atoms. The molecule has 1 unspecified atom stereocenters. The highest BCUT2D eigenvalue weighted by Gasteiger charge is 2.41. The van der Waals surface area contributed by atoms with E-state index < -0.39 is 0 Å². The van der Waals surface area contributed by atoms with E-state index in [0.717, 1.165) is 53.6 Å². The number of nitrogens with one attached hydrogen (secondary N) is 1. The molecular formula is C26H34N6O. The van der Waals surface area contributed by atoms with Crippen molar-refractivity contribution in [3.8, 4) is 11.3 Å². The number of aromatic nitrogens is 4. The number of fused-ring (bicyclic) bond motifs is 2. The fraction of sp³-hybridized carbons (Fsp3) is 0.577. The summed E-state index contributed by atoms with van der Waals surface area (Å²) in [5.41, 5.74) is 4.25. The van der Waals surface area contributed by atoms with Gasteiger partial charge >= 0.3 is 0 Å². The quantitative estimate of drug-likeness (QED) is 0.641. The van der Waals surface area contributed by atoms with Gasteiger partial charge in [0.15, 0.2) is 0 Å². The molecule has 1 aliphatic carbocycles. The summed E-state index contributed by atoms with van der Waals surface area (Å²) in [6.45, 7) is 7.84. The van der Waals surface area contributed by atoms with Gasteiger partial charge in [0.25, 0.3) is 0 Å². The Balaban J connectivity index is 1.06. The third-order valence-electron chi connectivity index (χ3n) is 8.05. The van der Waals surface area contributed by atoms with Crippen molar-refractivity contribution in [3.63, 3.8) is 0 Å². The number of hydrogen-bond acceptors (Lipinski definition) is 6. The van der Waals surface area contributed by atoms with Crippen molar-refractivity contribution in [3.05, 3.63) is 36.0 Å². The molecule has 1 N–H and O–H groups in total. The number of anilines is 1. The second-order valence-electron chi connectivity index (χ2n) is 10.4. The Morgan fingerprint density at radius 3 is 2.55 bits per heavy atom. The molecule has 2 aromatic heterocycles. The first-order chi connectivity index (χ1) is 16.1. The molecule has 3 aromatic rings. The summed E-state index contributed by atoms with van der Waals surface area (Å²) in [5.74, 6) is 3.37. The van der Waals surface area contributed by atoms with Crippen LogP contribution >= 0.6 is 0 Å². The fourth-order valence-corrected chi connectivity index (χ4v) is 6.35. The van der Waals surface area contributed by atoms with Crippen molar-refractivity contribution < 1.29 is 4.74 Å². The second kappa shape index (κ2) is 8.69. The normalized spacial score (nSPS) is 26.2. The summed E-state index contributed by atoms with van der Waals surface area (Å²) >= 11 is 0. The molecule has 7 nitrogen and oxygen atoms in total. The highest BCUT2D eigenvalue weighted by Crippen LogP contribution is 2.39. The van der Waals surface area contributed by atoms with Crippen LogP contribution in [-0.4, -0.2) is 63.8 Å². The predicted molar refractivity (Wildman–Crippen MR) is 130 cm³/mol. The van der Waals surface area contributed by atoms with Crippen LogP contribution in [0.25, 0.3) is 22.2 Å². The van der Waals surface area contributed by atoms with Crippen molar-refractivity contribution >= 4 is 16.7 Å². The van der Waals surface area contributed by atoms with Crippen LogP contribution in [0.4, 0.5) is 5.82 Å². The lowest BCUT2D eigenvalue weighted by molar-refractivity contribution is 0.0545. The molecule has 4 heterocycles. The van der Waals surface area contributed by atoms with E-state index in [2.05, 4.69) is 62.9 Å². The van der Waals surface area contributed by atoms with E-state index in [4.69, 9.17) is 4.74 Å². The van der Waals surface area contributed by atoms with Gasteiger partial charge in [-0.25, -0.2) is 0 Å². The third kappa shape index (κ3) is 4.24. The van der Waals surface area contributed by atoms with Gasteiger partial charge in [-0.2, -0.15) is 5.10 Å². The van der Waals surface area contributed by atoms with Crippen LogP contribution in [0, 0.1) is 24.7 Å². The SMILES string of the molecule is Cc1c(-c2ccc(NC3C[C@@H]4CN(CC5CCOCC5)C[C@@H]4C3)nn2)ccc2nn(C)cc12. The lowest BCUT2D eigenvalue weighted by Crippen LogP contribution is -2.32. The Bertz CT molecular complexity index is 1110. The monoisotopic (exact) mass is 446 g/mol. The Morgan fingerprint density at radius 1 is 1.03 bits per heavy atom. The molecule has 174 valence electrons. The highest BCUT2D eigenvalue weighted by molar-refractivity contribution is 5.88. The van der Waals surface area contributed by atoms with Crippen molar-refractivity contribution in [2.75, 3.05) is 38.2 Å². The molecule has 1 aromatic carbocycles. The average molecular weight is 447 g/mol. The molecule has 2 saturated heterocycles. The molecule has 3 aliphatic rings. The average Bonchev–Trinajstić information content (AvgIpc) is 3.48. The first kappa shape index (κ1) is 21.1. The van der Waals surface area contributed by atoms with E-state index in [1.165, 1.54) is 56.3 Å². The first-order valence-electron chi connectivity index (χ1n) is 12.5. The summed E-state index contributed by atoms with van der Waals surface area (Å²) in [6, 6.07) is 8.85. The molecule has 0 radical (unpaired) electrons. The third-order valence-corrected chi connectivity index (χ3v) is 8.05. The van der Waals surface area contributed by atoms with Crippen LogP contribution in [0.1, 0.15) is 31.2 Å². The number of ether oxygens (including phenoxy) is 1. The van der Waals surface area contributed by atoms with Gasteiger partial charge in [0.1, 0.15) is 5.82 Å². The van der Waals surface area contributed by atoms with E-state index in [9.17, 15) is 0 Å². The molecule has 33 heavy (non-hydrogen) atoms. The van der Waals surface area contributed by atoms with Crippen LogP contribution in [-0.2, 0) is 11.8 Å². The van der Waals surface area contributed by atoms with Crippen molar-refractivity contribution in [2.45, 2.75) is 38.6 Å². The number of benzene rings is 1. The topological polar surface area (TPSA) is 68.1 Å². The van der Waals surface area contributed by atoms with Crippen LogP contribution in [0.15, 0.2) is 30.5 Å². The van der Waals surface area contributed by atoms with Gasteiger partial charge in [-0.3, -0.25) is 4.68 Å². The summed E-state index contributed by atoms with van der Waals surface area (Å²) in [7, 11) is 1.96. The second-order valence-corrected chi connectivity index (χ2v) is 10.4. The summed E-state index contributed by atoms with van der Waals surface area (Å²) in [5, 5.41) is 18.4.